The third-order valence-electron chi connectivity index (χ3n) is 4.09. The van der Waals surface area contributed by atoms with Gasteiger partial charge >= 0.3 is 0 Å². The zero-order valence-electron chi connectivity index (χ0n) is 12.1. The fraction of sp³-hybridized carbons (Fsp3) is 0.500. The summed E-state index contributed by atoms with van der Waals surface area (Å²) in [4.78, 5) is 7.09. The van der Waals surface area contributed by atoms with Crippen molar-refractivity contribution in [2.24, 2.45) is 0 Å². The summed E-state index contributed by atoms with van der Waals surface area (Å²) >= 11 is 0. The first-order valence-corrected chi connectivity index (χ1v) is 7.37. The lowest BCUT2D eigenvalue weighted by molar-refractivity contribution is 0.168. The van der Waals surface area contributed by atoms with E-state index in [2.05, 4.69) is 28.9 Å². The van der Waals surface area contributed by atoms with Crippen molar-refractivity contribution in [2.45, 2.75) is 38.6 Å². The molecule has 0 spiro atoms. The van der Waals surface area contributed by atoms with Crippen LogP contribution in [0.3, 0.4) is 0 Å². The lowest BCUT2D eigenvalue weighted by Crippen LogP contribution is -2.38. The molecule has 2 heterocycles. The van der Waals surface area contributed by atoms with Gasteiger partial charge in [-0.05, 0) is 51.9 Å². The molecular formula is C16H21N3O. The first-order chi connectivity index (χ1) is 9.74. The molecule has 0 aliphatic carbocycles. The Balaban J connectivity index is 1.69. The van der Waals surface area contributed by atoms with E-state index in [0.29, 0.717) is 17.9 Å². The number of piperidine rings is 1. The van der Waals surface area contributed by atoms with Crippen molar-refractivity contribution in [1.82, 2.24) is 15.0 Å². The van der Waals surface area contributed by atoms with Crippen LogP contribution in [-0.4, -0.2) is 34.2 Å². The van der Waals surface area contributed by atoms with Crippen LogP contribution in [0.2, 0.25) is 0 Å². The van der Waals surface area contributed by atoms with Crippen molar-refractivity contribution in [3.8, 4) is 11.5 Å². The molecule has 1 aliphatic rings. The molecule has 20 heavy (non-hydrogen) atoms. The number of nitrogens with zero attached hydrogens (tertiary/aromatic N) is 3. The summed E-state index contributed by atoms with van der Waals surface area (Å²) in [7, 11) is 0. The maximum Gasteiger partial charge on any atom is 0.257 e. The molecule has 1 saturated heterocycles. The molecule has 3 rings (SSSR count). The number of likely N-dealkylation sites (tertiary alicyclic amines) is 1. The summed E-state index contributed by atoms with van der Waals surface area (Å²) in [5.74, 6) is 1.94. The smallest absolute Gasteiger partial charge is 0.257 e. The van der Waals surface area contributed by atoms with Crippen LogP contribution >= 0.6 is 0 Å². The average molecular weight is 271 g/mol. The second kappa shape index (κ2) is 5.75. The zero-order chi connectivity index (χ0) is 13.9. The van der Waals surface area contributed by atoms with Crippen LogP contribution < -0.4 is 0 Å². The Kier molecular flexibility index (Phi) is 3.83. The molecule has 1 fully saturated rings. The Morgan fingerprint density at radius 3 is 2.50 bits per heavy atom. The van der Waals surface area contributed by atoms with E-state index in [1.807, 2.05) is 30.3 Å². The molecule has 4 heteroatoms. The SMILES string of the molecule is CC(C)N1CCC(c2noc(-c3ccccc3)n2)CC1. The summed E-state index contributed by atoms with van der Waals surface area (Å²) < 4.78 is 5.40. The third-order valence-corrected chi connectivity index (χ3v) is 4.09. The number of rotatable bonds is 3. The van der Waals surface area contributed by atoms with E-state index < -0.39 is 0 Å². The fourth-order valence-corrected chi connectivity index (χ4v) is 2.77. The van der Waals surface area contributed by atoms with Gasteiger partial charge in [-0.3, -0.25) is 0 Å². The largest absolute Gasteiger partial charge is 0.334 e. The Morgan fingerprint density at radius 2 is 1.85 bits per heavy atom. The lowest BCUT2D eigenvalue weighted by Gasteiger charge is -2.33. The summed E-state index contributed by atoms with van der Waals surface area (Å²) in [6, 6.07) is 10.6. The van der Waals surface area contributed by atoms with Crippen LogP contribution in [0.25, 0.3) is 11.5 Å². The summed E-state index contributed by atoms with van der Waals surface area (Å²) in [6.45, 7) is 6.75. The van der Waals surface area contributed by atoms with E-state index in [-0.39, 0.29) is 0 Å². The molecule has 1 aromatic carbocycles. The van der Waals surface area contributed by atoms with Crippen LogP contribution in [-0.2, 0) is 0 Å². The maximum atomic E-state index is 5.40. The lowest BCUT2D eigenvalue weighted by atomic mass is 9.95. The quantitative estimate of drug-likeness (QED) is 0.858. The Hall–Kier alpha value is -1.68. The number of aromatic nitrogens is 2. The Labute approximate surface area is 119 Å². The maximum absolute atomic E-state index is 5.40. The van der Waals surface area contributed by atoms with E-state index in [4.69, 9.17) is 4.52 Å². The van der Waals surface area contributed by atoms with Crippen molar-refractivity contribution in [1.29, 1.82) is 0 Å². The fourth-order valence-electron chi connectivity index (χ4n) is 2.77. The predicted molar refractivity (Wildman–Crippen MR) is 78.4 cm³/mol. The highest BCUT2D eigenvalue weighted by Crippen LogP contribution is 2.28. The van der Waals surface area contributed by atoms with Crippen molar-refractivity contribution < 1.29 is 4.52 Å². The normalized spacial score (nSPS) is 17.8. The molecule has 0 radical (unpaired) electrons. The Morgan fingerprint density at radius 1 is 1.15 bits per heavy atom. The van der Waals surface area contributed by atoms with E-state index >= 15 is 0 Å². The van der Waals surface area contributed by atoms with Crippen LogP contribution in [0, 0.1) is 0 Å². The van der Waals surface area contributed by atoms with E-state index in [9.17, 15) is 0 Å². The van der Waals surface area contributed by atoms with Crippen LogP contribution in [0.1, 0.15) is 38.4 Å². The molecule has 0 unspecified atom stereocenters. The van der Waals surface area contributed by atoms with E-state index in [1.54, 1.807) is 0 Å². The summed E-state index contributed by atoms with van der Waals surface area (Å²) in [5, 5.41) is 4.18. The molecule has 106 valence electrons. The third kappa shape index (κ3) is 2.75. The first kappa shape index (κ1) is 13.3. The second-order valence-electron chi connectivity index (χ2n) is 5.73. The van der Waals surface area contributed by atoms with Gasteiger partial charge in [0.25, 0.3) is 5.89 Å². The van der Waals surface area contributed by atoms with Crippen molar-refractivity contribution in [2.75, 3.05) is 13.1 Å². The zero-order valence-corrected chi connectivity index (χ0v) is 12.1. The molecule has 0 bridgehead atoms. The molecule has 1 aromatic heterocycles. The minimum absolute atomic E-state index is 0.436. The number of hydrogen-bond acceptors (Lipinski definition) is 4. The minimum atomic E-state index is 0.436. The number of benzene rings is 1. The van der Waals surface area contributed by atoms with Gasteiger partial charge in [-0.1, -0.05) is 23.4 Å². The summed E-state index contributed by atoms with van der Waals surface area (Å²) in [6.07, 6.45) is 2.23. The Bertz CT molecular complexity index is 542. The van der Waals surface area contributed by atoms with Gasteiger partial charge in [-0.2, -0.15) is 4.98 Å². The highest BCUT2D eigenvalue weighted by Gasteiger charge is 2.25. The van der Waals surface area contributed by atoms with Crippen LogP contribution in [0.5, 0.6) is 0 Å². The van der Waals surface area contributed by atoms with Gasteiger partial charge in [0.15, 0.2) is 5.82 Å². The van der Waals surface area contributed by atoms with Crippen molar-refractivity contribution >= 4 is 0 Å². The molecule has 4 nitrogen and oxygen atoms in total. The second-order valence-corrected chi connectivity index (χ2v) is 5.73. The molecule has 0 atom stereocenters. The van der Waals surface area contributed by atoms with Gasteiger partial charge in [0.05, 0.1) is 0 Å². The molecule has 2 aromatic rings. The van der Waals surface area contributed by atoms with Crippen LogP contribution in [0.15, 0.2) is 34.9 Å². The molecule has 1 aliphatic heterocycles. The van der Waals surface area contributed by atoms with Gasteiger partial charge in [0.1, 0.15) is 0 Å². The van der Waals surface area contributed by atoms with Gasteiger partial charge < -0.3 is 9.42 Å². The van der Waals surface area contributed by atoms with Gasteiger partial charge in [0.2, 0.25) is 0 Å². The highest BCUT2D eigenvalue weighted by atomic mass is 16.5. The van der Waals surface area contributed by atoms with E-state index in [1.165, 1.54) is 0 Å². The molecule has 0 saturated carbocycles. The van der Waals surface area contributed by atoms with Gasteiger partial charge in [-0.15, -0.1) is 0 Å². The monoisotopic (exact) mass is 271 g/mol. The van der Waals surface area contributed by atoms with Gasteiger partial charge in [0, 0.05) is 17.5 Å². The van der Waals surface area contributed by atoms with Crippen molar-refractivity contribution in [3.05, 3.63) is 36.2 Å². The molecule has 0 N–H and O–H groups in total. The van der Waals surface area contributed by atoms with Gasteiger partial charge in [-0.25, -0.2) is 0 Å². The van der Waals surface area contributed by atoms with Crippen molar-refractivity contribution in [3.63, 3.8) is 0 Å². The standard InChI is InChI=1S/C16H21N3O/c1-12(2)19-10-8-13(9-11-19)15-17-16(20-18-15)14-6-4-3-5-7-14/h3-7,12-13H,8-11H2,1-2H3. The molecule has 0 amide bonds. The average Bonchev–Trinajstić information content (AvgIpc) is 2.98. The topological polar surface area (TPSA) is 42.2 Å². The predicted octanol–water partition coefficient (Wildman–Crippen LogP) is 3.32. The van der Waals surface area contributed by atoms with Crippen LogP contribution in [0.4, 0.5) is 0 Å². The highest BCUT2D eigenvalue weighted by molar-refractivity contribution is 5.52. The van der Waals surface area contributed by atoms with E-state index in [0.717, 1.165) is 37.3 Å². The minimum Gasteiger partial charge on any atom is -0.334 e. The summed E-state index contributed by atoms with van der Waals surface area (Å²) in [5.41, 5.74) is 0.992. The number of hydrogen-bond donors (Lipinski definition) is 0. The molecular weight excluding hydrogens is 250 g/mol. The first-order valence-electron chi connectivity index (χ1n) is 7.37.